The van der Waals surface area contributed by atoms with Gasteiger partial charge in [0.05, 0.1) is 10.6 Å². The maximum atomic E-state index is 12.7. The summed E-state index contributed by atoms with van der Waals surface area (Å²) in [5.41, 5.74) is 3.05. The van der Waals surface area contributed by atoms with Gasteiger partial charge in [0.1, 0.15) is 0 Å². The number of nitrogens with zero attached hydrogens (tertiary/aromatic N) is 1. The van der Waals surface area contributed by atoms with Crippen LogP contribution in [0, 0.1) is 6.92 Å². The Balaban J connectivity index is 1.94. The lowest BCUT2D eigenvalue weighted by molar-refractivity contribution is 0.602. The van der Waals surface area contributed by atoms with E-state index >= 15 is 0 Å². The van der Waals surface area contributed by atoms with Crippen LogP contribution in [0.2, 0.25) is 0 Å². The number of para-hydroxylation sites is 1. The first-order valence-corrected chi connectivity index (χ1v) is 9.40. The summed E-state index contributed by atoms with van der Waals surface area (Å²) in [5.74, 6) is 0. The summed E-state index contributed by atoms with van der Waals surface area (Å²) in [5, 5.41) is 3.09. The third-order valence-electron chi connectivity index (χ3n) is 3.94. The lowest BCUT2D eigenvalue weighted by atomic mass is 10.1. The average molecular weight is 342 g/mol. The van der Waals surface area contributed by atoms with Crippen LogP contribution in [0.1, 0.15) is 16.8 Å². The Kier molecular flexibility index (Phi) is 4.15. The van der Waals surface area contributed by atoms with Gasteiger partial charge in [0.2, 0.25) is 0 Å². The minimum atomic E-state index is -3.21. The standard InChI is InChI=1S/C18H18N2O3S/c1-13-17(12-14-8-10-16(11-9-14)24(2,22)23)18(21)20(19-13)15-6-4-3-5-7-15/h3-11,19H,12H2,1-2H3. The highest BCUT2D eigenvalue weighted by Gasteiger charge is 2.13. The Morgan fingerprint density at radius 1 is 1.00 bits per heavy atom. The maximum absolute atomic E-state index is 12.7. The van der Waals surface area contributed by atoms with Crippen LogP contribution in [0.3, 0.4) is 0 Å². The Hall–Kier alpha value is -2.60. The van der Waals surface area contributed by atoms with Crippen molar-refractivity contribution in [2.45, 2.75) is 18.2 Å². The number of nitrogens with one attached hydrogen (secondary N) is 1. The molecule has 0 radical (unpaired) electrons. The summed E-state index contributed by atoms with van der Waals surface area (Å²) < 4.78 is 24.5. The van der Waals surface area contributed by atoms with Gasteiger partial charge in [-0.25, -0.2) is 13.1 Å². The molecule has 0 atom stereocenters. The van der Waals surface area contributed by atoms with E-state index in [0.717, 1.165) is 16.9 Å². The number of hydrogen-bond acceptors (Lipinski definition) is 3. The summed E-state index contributed by atoms with van der Waals surface area (Å²) in [4.78, 5) is 12.9. The van der Waals surface area contributed by atoms with Crippen molar-refractivity contribution in [1.82, 2.24) is 9.78 Å². The van der Waals surface area contributed by atoms with Crippen LogP contribution in [-0.2, 0) is 16.3 Å². The second-order valence-electron chi connectivity index (χ2n) is 5.78. The number of sulfone groups is 1. The Morgan fingerprint density at radius 2 is 1.62 bits per heavy atom. The Labute approximate surface area is 140 Å². The highest BCUT2D eigenvalue weighted by molar-refractivity contribution is 7.90. The monoisotopic (exact) mass is 342 g/mol. The van der Waals surface area contributed by atoms with Crippen LogP contribution in [0.4, 0.5) is 0 Å². The first-order valence-electron chi connectivity index (χ1n) is 7.51. The predicted molar refractivity (Wildman–Crippen MR) is 93.5 cm³/mol. The van der Waals surface area contributed by atoms with Crippen LogP contribution < -0.4 is 5.56 Å². The largest absolute Gasteiger partial charge is 0.295 e. The van der Waals surface area contributed by atoms with E-state index < -0.39 is 9.84 Å². The molecule has 0 saturated carbocycles. The zero-order chi connectivity index (χ0) is 17.3. The van der Waals surface area contributed by atoms with Gasteiger partial charge in [-0.2, -0.15) is 0 Å². The molecular formula is C18H18N2O3S. The zero-order valence-corrected chi connectivity index (χ0v) is 14.3. The van der Waals surface area contributed by atoms with E-state index in [2.05, 4.69) is 5.10 Å². The molecule has 124 valence electrons. The molecule has 0 unspecified atom stereocenters. The molecule has 6 heteroatoms. The molecule has 0 aliphatic carbocycles. The number of rotatable bonds is 4. The number of benzene rings is 2. The molecule has 0 fully saturated rings. The van der Waals surface area contributed by atoms with Crippen molar-refractivity contribution in [3.8, 4) is 5.69 Å². The van der Waals surface area contributed by atoms with Gasteiger partial charge in [0, 0.05) is 23.9 Å². The van der Waals surface area contributed by atoms with Gasteiger partial charge in [-0.3, -0.25) is 9.89 Å². The molecular weight excluding hydrogens is 324 g/mol. The van der Waals surface area contributed by atoms with Crippen molar-refractivity contribution in [1.29, 1.82) is 0 Å². The van der Waals surface area contributed by atoms with Crippen molar-refractivity contribution in [2.24, 2.45) is 0 Å². The van der Waals surface area contributed by atoms with Crippen LogP contribution in [-0.4, -0.2) is 24.5 Å². The average Bonchev–Trinajstić information content (AvgIpc) is 2.83. The van der Waals surface area contributed by atoms with E-state index in [1.54, 1.807) is 24.3 Å². The SMILES string of the molecule is Cc1[nH]n(-c2ccccc2)c(=O)c1Cc1ccc(S(C)(=O)=O)cc1. The van der Waals surface area contributed by atoms with Crippen LogP contribution in [0.15, 0.2) is 64.3 Å². The first-order chi connectivity index (χ1) is 11.4. The second kappa shape index (κ2) is 6.13. The molecule has 2 aromatic carbocycles. The van der Waals surface area contributed by atoms with Gasteiger partial charge in [-0.15, -0.1) is 0 Å². The van der Waals surface area contributed by atoms with Gasteiger partial charge < -0.3 is 0 Å². The third kappa shape index (κ3) is 3.19. The van der Waals surface area contributed by atoms with Gasteiger partial charge in [-0.1, -0.05) is 30.3 Å². The van der Waals surface area contributed by atoms with Crippen LogP contribution in [0.25, 0.3) is 5.69 Å². The van der Waals surface area contributed by atoms with E-state index in [4.69, 9.17) is 0 Å². The summed E-state index contributed by atoms with van der Waals surface area (Å²) in [6.45, 7) is 1.86. The van der Waals surface area contributed by atoms with Gasteiger partial charge >= 0.3 is 0 Å². The molecule has 3 aromatic rings. The number of H-pyrrole nitrogens is 1. The molecule has 0 saturated heterocycles. The van der Waals surface area contributed by atoms with E-state index in [-0.39, 0.29) is 10.5 Å². The quantitative estimate of drug-likeness (QED) is 0.792. The first kappa shape index (κ1) is 16.3. The molecule has 24 heavy (non-hydrogen) atoms. The van der Waals surface area contributed by atoms with Crippen LogP contribution >= 0.6 is 0 Å². The molecule has 3 rings (SSSR count). The van der Waals surface area contributed by atoms with Crippen molar-refractivity contribution in [2.75, 3.05) is 6.26 Å². The highest BCUT2D eigenvalue weighted by atomic mass is 32.2. The zero-order valence-electron chi connectivity index (χ0n) is 13.5. The lowest BCUT2D eigenvalue weighted by Crippen LogP contribution is -2.17. The normalized spacial score (nSPS) is 11.6. The van der Waals surface area contributed by atoms with Crippen molar-refractivity contribution < 1.29 is 8.42 Å². The Morgan fingerprint density at radius 3 is 2.21 bits per heavy atom. The molecule has 0 bridgehead atoms. The number of hydrogen-bond donors (Lipinski definition) is 1. The minimum absolute atomic E-state index is 0.0918. The predicted octanol–water partition coefficient (Wildman–Crippen LogP) is 2.47. The van der Waals surface area contributed by atoms with Crippen molar-refractivity contribution in [3.63, 3.8) is 0 Å². The van der Waals surface area contributed by atoms with E-state index in [1.165, 1.54) is 10.9 Å². The van der Waals surface area contributed by atoms with Crippen molar-refractivity contribution >= 4 is 9.84 Å². The Bertz CT molecular complexity index is 1010. The van der Waals surface area contributed by atoms with Gasteiger partial charge in [0.25, 0.3) is 5.56 Å². The van der Waals surface area contributed by atoms with Gasteiger partial charge in [0.15, 0.2) is 9.84 Å². The second-order valence-corrected chi connectivity index (χ2v) is 7.80. The van der Waals surface area contributed by atoms with E-state index in [1.807, 2.05) is 37.3 Å². The number of aryl methyl sites for hydroxylation is 1. The van der Waals surface area contributed by atoms with Crippen LogP contribution in [0.5, 0.6) is 0 Å². The van der Waals surface area contributed by atoms with Crippen molar-refractivity contribution in [3.05, 3.63) is 81.8 Å². The summed E-state index contributed by atoms with van der Waals surface area (Å²) in [6.07, 6.45) is 1.63. The fourth-order valence-electron chi connectivity index (χ4n) is 2.61. The molecule has 0 aliphatic heterocycles. The fourth-order valence-corrected chi connectivity index (χ4v) is 3.24. The molecule has 0 amide bonds. The highest BCUT2D eigenvalue weighted by Crippen LogP contribution is 2.15. The smallest absolute Gasteiger partial charge is 0.274 e. The van der Waals surface area contributed by atoms with E-state index in [0.29, 0.717) is 12.0 Å². The summed E-state index contributed by atoms with van der Waals surface area (Å²) in [6, 6.07) is 16.0. The third-order valence-corrected chi connectivity index (χ3v) is 5.07. The van der Waals surface area contributed by atoms with E-state index in [9.17, 15) is 13.2 Å². The topological polar surface area (TPSA) is 71.9 Å². The molecule has 1 aromatic heterocycles. The lowest BCUT2D eigenvalue weighted by Gasteiger charge is -2.02. The maximum Gasteiger partial charge on any atom is 0.274 e. The fraction of sp³-hybridized carbons (Fsp3) is 0.167. The molecule has 1 heterocycles. The molecule has 0 spiro atoms. The molecule has 1 N–H and O–H groups in total. The summed E-state index contributed by atoms with van der Waals surface area (Å²) >= 11 is 0. The minimum Gasteiger partial charge on any atom is -0.295 e. The number of aromatic amines is 1. The number of aromatic nitrogens is 2. The molecule has 5 nitrogen and oxygen atoms in total. The van der Waals surface area contributed by atoms with Gasteiger partial charge in [-0.05, 0) is 36.8 Å². The molecule has 0 aliphatic rings. The summed E-state index contributed by atoms with van der Waals surface area (Å²) in [7, 11) is -3.21.